The van der Waals surface area contributed by atoms with Crippen LogP contribution in [0, 0.1) is 12.7 Å². The molecule has 8 nitrogen and oxygen atoms in total. The maximum absolute atomic E-state index is 14.2. The van der Waals surface area contributed by atoms with Gasteiger partial charge in [0.2, 0.25) is 5.91 Å². The Morgan fingerprint density at radius 2 is 1.68 bits per heavy atom. The summed E-state index contributed by atoms with van der Waals surface area (Å²) in [6.07, 6.45) is 0. The van der Waals surface area contributed by atoms with E-state index in [1.807, 2.05) is 4.90 Å². The van der Waals surface area contributed by atoms with Crippen LogP contribution in [-0.2, 0) is 14.8 Å². The van der Waals surface area contributed by atoms with Gasteiger partial charge in [0.05, 0.1) is 25.6 Å². The molecule has 196 valence electrons. The predicted molar refractivity (Wildman–Crippen MR) is 140 cm³/mol. The smallest absolute Gasteiger partial charge is 0.268 e. The highest BCUT2D eigenvalue weighted by atomic mass is 32.2. The average Bonchev–Trinajstić information content (AvgIpc) is 2.92. The Labute approximate surface area is 216 Å². The van der Waals surface area contributed by atoms with Crippen molar-refractivity contribution >= 4 is 27.3 Å². The van der Waals surface area contributed by atoms with Gasteiger partial charge in [0, 0.05) is 32.2 Å². The van der Waals surface area contributed by atoms with Gasteiger partial charge in [-0.25, -0.2) is 12.8 Å². The number of methoxy groups -OCH3 is 2. The summed E-state index contributed by atoms with van der Waals surface area (Å²) in [5.41, 5.74) is 1.52. The van der Waals surface area contributed by atoms with Gasteiger partial charge < -0.3 is 19.3 Å². The number of piperazine rings is 1. The molecule has 3 aromatic rings. The molecule has 4 rings (SSSR count). The second-order valence-corrected chi connectivity index (χ2v) is 10.5. The van der Waals surface area contributed by atoms with Gasteiger partial charge in [-0.2, -0.15) is 0 Å². The van der Waals surface area contributed by atoms with Gasteiger partial charge in [0.25, 0.3) is 10.0 Å². The Kier molecular flexibility index (Phi) is 7.87. The number of carbonyl (C=O) groups is 1. The summed E-state index contributed by atoms with van der Waals surface area (Å²) in [7, 11) is -1.30. The maximum atomic E-state index is 14.2. The monoisotopic (exact) mass is 527 g/mol. The van der Waals surface area contributed by atoms with E-state index in [0.717, 1.165) is 9.87 Å². The van der Waals surface area contributed by atoms with Crippen LogP contribution in [0.2, 0.25) is 0 Å². The summed E-state index contributed by atoms with van der Waals surface area (Å²) < 4.78 is 53.8. The SMILES string of the molecule is COc1cccc(N(CC(=O)N2CCN(c3ccccc3F)CC2)S(=O)(=O)c2cc(C)ccc2OC)c1. The van der Waals surface area contributed by atoms with Crippen molar-refractivity contribution in [3.63, 3.8) is 0 Å². The number of sulfonamides is 1. The van der Waals surface area contributed by atoms with Gasteiger partial charge in [-0.05, 0) is 48.9 Å². The number of rotatable bonds is 8. The fraction of sp³-hybridized carbons (Fsp3) is 0.296. The van der Waals surface area contributed by atoms with Crippen molar-refractivity contribution < 1.29 is 27.1 Å². The molecule has 1 fully saturated rings. The zero-order valence-electron chi connectivity index (χ0n) is 21.1. The molecule has 0 aliphatic carbocycles. The van der Waals surface area contributed by atoms with Crippen molar-refractivity contribution in [2.75, 3.05) is 56.1 Å². The number of anilines is 2. The summed E-state index contributed by atoms with van der Waals surface area (Å²) in [6, 6.07) is 18.0. The molecule has 1 aliphatic heterocycles. The average molecular weight is 528 g/mol. The number of carbonyl (C=O) groups excluding carboxylic acids is 1. The summed E-state index contributed by atoms with van der Waals surface area (Å²) >= 11 is 0. The van der Waals surface area contributed by atoms with E-state index in [9.17, 15) is 17.6 Å². The topological polar surface area (TPSA) is 79.4 Å². The number of aryl methyl sites for hydroxylation is 1. The first-order valence-electron chi connectivity index (χ1n) is 11.8. The van der Waals surface area contributed by atoms with Crippen molar-refractivity contribution in [1.82, 2.24) is 4.90 Å². The number of hydrogen-bond acceptors (Lipinski definition) is 6. The molecule has 0 bridgehead atoms. The predicted octanol–water partition coefficient (Wildman–Crippen LogP) is 3.70. The number of halogens is 1. The van der Waals surface area contributed by atoms with Crippen molar-refractivity contribution in [1.29, 1.82) is 0 Å². The molecule has 1 amide bonds. The molecular weight excluding hydrogens is 497 g/mol. The lowest BCUT2D eigenvalue weighted by atomic mass is 10.2. The standard InChI is InChI=1S/C27H30FN3O5S/c1-20-11-12-25(36-3)26(17-20)37(33,34)31(21-7-6-8-22(18-21)35-2)19-27(32)30-15-13-29(14-16-30)24-10-5-4-9-23(24)28/h4-12,17-18H,13-16,19H2,1-3H3. The fourth-order valence-electron chi connectivity index (χ4n) is 4.31. The summed E-state index contributed by atoms with van der Waals surface area (Å²) in [5, 5.41) is 0. The second kappa shape index (κ2) is 11.1. The summed E-state index contributed by atoms with van der Waals surface area (Å²) in [6.45, 7) is 2.93. The van der Waals surface area contributed by atoms with Gasteiger partial charge in [-0.1, -0.05) is 24.3 Å². The molecule has 0 aromatic heterocycles. The van der Waals surface area contributed by atoms with Gasteiger partial charge in [0.1, 0.15) is 28.8 Å². The van der Waals surface area contributed by atoms with Gasteiger partial charge in [0.15, 0.2) is 0 Å². The van der Waals surface area contributed by atoms with Crippen LogP contribution in [0.1, 0.15) is 5.56 Å². The van der Waals surface area contributed by atoms with Crippen LogP contribution in [0.15, 0.2) is 71.6 Å². The van der Waals surface area contributed by atoms with Crippen LogP contribution in [0.25, 0.3) is 0 Å². The van der Waals surface area contributed by atoms with Crippen LogP contribution in [0.5, 0.6) is 11.5 Å². The molecular formula is C27H30FN3O5S. The minimum Gasteiger partial charge on any atom is -0.497 e. The highest BCUT2D eigenvalue weighted by molar-refractivity contribution is 7.93. The van der Waals surface area contributed by atoms with Gasteiger partial charge in [-0.3, -0.25) is 9.10 Å². The molecule has 37 heavy (non-hydrogen) atoms. The molecule has 0 spiro atoms. The Hall–Kier alpha value is -3.79. The molecule has 0 radical (unpaired) electrons. The quantitative estimate of drug-likeness (QED) is 0.445. The third-order valence-corrected chi connectivity index (χ3v) is 8.13. The summed E-state index contributed by atoms with van der Waals surface area (Å²) in [5.74, 6) is -0.0276. The van der Waals surface area contributed by atoms with Crippen LogP contribution in [0.4, 0.5) is 15.8 Å². The van der Waals surface area contributed by atoms with Gasteiger partial charge >= 0.3 is 0 Å². The molecule has 0 atom stereocenters. The van der Waals surface area contributed by atoms with Crippen LogP contribution >= 0.6 is 0 Å². The number of benzene rings is 3. The second-order valence-electron chi connectivity index (χ2n) is 8.69. The lowest BCUT2D eigenvalue weighted by molar-refractivity contribution is -0.129. The van der Waals surface area contributed by atoms with E-state index in [1.54, 1.807) is 66.4 Å². The zero-order chi connectivity index (χ0) is 26.6. The first kappa shape index (κ1) is 26.3. The highest BCUT2D eigenvalue weighted by Crippen LogP contribution is 2.32. The highest BCUT2D eigenvalue weighted by Gasteiger charge is 2.33. The minimum absolute atomic E-state index is 0.0324. The molecule has 0 N–H and O–H groups in total. The van der Waals surface area contributed by atoms with Crippen LogP contribution < -0.4 is 18.7 Å². The number of ether oxygens (including phenoxy) is 2. The van der Waals surface area contributed by atoms with E-state index in [-0.39, 0.29) is 22.4 Å². The third kappa shape index (κ3) is 5.64. The molecule has 3 aromatic carbocycles. The Bertz CT molecular complexity index is 1370. The van der Waals surface area contributed by atoms with Crippen LogP contribution in [-0.4, -0.2) is 66.2 Å². The molecule has 0 saturated carbocycles. The van der Waals surface area contributed by atoms with Crippen molar-refractivity contribution in [3.05, 3.63) is 78.1 Å². The number of para-hydroxylation sites is 1. The third-order valence-electron chi connectivity index (χ3n) is 6.33. The Morgan fingerprint density at radius 3 is 2.35 bits per heavy atom. The summed E-state index contributed by atoms with van der Waals surface area (Å²) in [4.78, 5) is 16.9. The molecule has 0 unspecified atom stereocenters. The van der Waals surface area contributed by atoms with E-state index in [1.165, 1.54) is 26.4 Å². The Balaban J connectivity index is 1.61. The van der Waals surface area contributed by atoms with E-state index < -0.39 is 16.6 Å². The number of nitrogens with zero attached hydrogens (tertiary/aromatic N) is 3. The maximum Gasteiger partial charge on any atom is 0.268 e. The molecule has 1 saturated heterocycles. The first-order chi connectivity index (χ1) is 17.7. The van der Waals surface area contributed by atoms with E-state index in [0.29, 0.717) is 43.3 Å². The van der Waals surface area contributed by atoms with E-state index in [2.05, 4.69) is 0 Å². The first-order valence-corrected chi connectivity index (χ1v) is 13.3. The molecule has 10 heteroatoms. The number of amides is 1. The molecule has 1 aliphatic rings. The lowest BCUT2D eigenvalue weighted by Crippen LogP contribution is -2.52. The Morgan fingerprint density at radius 1 is 0.946 bits per heavy atom. The van der Waals surface area contributed by atoms with Gasteiger partial charge in [-0.15, -0.1) is 0 Å². The zero-order valence-corrected chi connectivity index (χ0v) is 21.9. The van der Waals surface area contributed by atoms with E-state index >= 15 is 0 Å². The van der Waals surface area contributed by atoms with Crippen molar-refractivity contribution in [2.24, 2.45) is 0 Å². The molecule has 1 heterocycles. The largest absolute Gasteiger partial charge is 0.497 e. The van der Waals surface area contributed by atoms with Crippen LogP contribution in [0.3, 0.4) is 0 Å². The lowest BCUT2D eigenvalue weighted by Gasteiger charge is -2.37. The minimum atomic E-state index is -4.19. The normalized spacial score (nSPS) is 13.8. The number of hydrogen-bond donors (Lipinski definition) is 0. The van der Waals surface area contributed by atoms with Crippen molar-refractivity contribution in [2.45, 2.75) is 11.8 Å². The van der Waals surface area contributed by atoms with E-state index in [4.69, 9.17) is 9.47 Å². The fourth-order valence-corrected chi connectivity index (χ4v) is 5.96. The van der Waals surface area contributed by atoms with Crippen molar-refractivity contribution in [3.8, 4) is 11.5 Å².